The number of benzene rings is 2. The number of ether oxygens (including phenoxy) is 1. The first-order valence-corrected chi connectivity index (χ1v) is 9.82. The number of nitrogens with one attached hydrogen (secondary N) is 2. The minimum atomic E-state index is -0.205. The summed E-state index contributed by atoms with van der Waals surface area (Å²) in [5.74, 6) is 2.16. The Morgan fingerprint density at radius 2 is 1.81 bits per heavy atom. The van der Waals surface area contributed by atoms with Crippen molar-refractivity contribution in [1.29, 1.82) is 0 Å². The Morgan fingerprint density at radius 3 is 2.44 bits per heavy atom. The summed E-state index contributed by atoms with van der Waals surface area (Å²) in [7, 11) is 1.62. The maximum absolute atomic E-state index is 12.0. The summed E-state index contributed by atoms with van der Waals surface area (Å²) in [6, 6.07) is 17.1. The van der Waals surface area contributed by atoms with Gasteiger partial charge in [0.1, 0.15) is 5.75 Å². The smallest absolute Gasteiger partial charge is 0.252 e. The molecule has 27 heavy (non-hydrogen) atoms. The van der Waals surface area contributed by atoms with Crippen LogP contribution in [0, 0.1) is 0 Å². The molecule has 0 fully saturated rings. The molecule has 0 saturated carbocycles. The number of hydrogen-bond donors (Lipinski definition) is 2. The summed E-state index contributed by atoms with van der Waals surface area (Å²) in [5.41, 5.74) is 3.40. The number of nitrogens with zero attached hydrogens (tertiary/aromatic N) is 1. The van der Waals surface area contributed by atoms with Crippen LogP contribution in [-0.4, -0.2) is 22.3 Å². The molecule has 0 bridgehead atoms. The van der Waals surface area contributed by atoms with E-state index in [1.54, 1.807) is 7.11 Å². The number of H-pyrrole nitrogens is 1. The van der Waals surface area contributed by atoms with Gasteiger partial charge in [0, 0.05) is 23.1 Å². The lowest BCUT2D eigenvalue weighted by molar-refractivity contribution is 0.415. The van der Waals surface area contributed by atoms with Crippen LogP contribution in [0.2, 0.25) is 0 Å². The Balaban J connectivity index is 1.77. The van der Waals surface area contributed by atoms with E-state index < -0.39 is 0 Å². The van der Waals surface area contributed by atoms with Gasteiger partial charge in [-0.1, -0.05) is 26.0 Å². The van der Waals surface area contributed by atoms with Crippen molar-refractivity contribution < 1.29 is 4.74 Å². The standard InChI is InChI=1S/C21H23N3O2S/c1-14(2)27-13-15-4-8-17(9-5-15)22-21-23-19(12-20(25)24-21)16-6-10-18(26-3)11-7-16/h4-12,14H,13H2,1-3H3,(H2,22,23,24,25). The van der Waals surface area contributed by atoms with Crippen LogP contribution >= 0.6 is 11.8 Å². The van der Waals surface area contributed by atoms with Gasteiger partial charge in [-0.15, -0.1) is 0 Å². The molecule has 0 aliphatic heterocycles. The maximum Gasteiger partial charge on any atom is 0.252 e. The van der Waals surface area contributed by atoms with Crippen molar-refractivity contribution in [1.82, 2.24) is 9.97 Å². The van der Waals surface area contributed by atoms with E-state index in [0.29, 0.717) is 16.9 Å². The van der Waals surface area contributed by atoms with E-state index in [9.17, 15) is 4.79 Å². The Kier molecular flexibility index (Phi) is 6.19. The minimum absolute atomic E-state index is 0.205. The third-order valence-electron chi connectivity index (χ3n) is 3.93. The van der Waals surface area contributed by atoms with E-state index in [0.717, 1.165) is 22.8 Å². The Morgan fingerprint density at radius 1 is 1.11 bits per heavy atom. The van der Waals surface area contributed by atoms with Crippen LogP contribution in [0.1, 0.15) is 19.4 Å². The molecule has 1 heterocycles. The number of anilines is 2. The average molecular weight is 382 g/mol. The number of methoxy groups -OCH3 is 1. The summed E-state index contributed by atoms with van der Waals surface area (Å²) >= 11 is 1.91. The van der Waals surface area contributed by atoms with Gasteiger partial charge in [-0.05, 0) is 47.2 Å². The lowest BCUT2D eigenvalue weighted by atomic mass is 10.1. The van der Waals surface area contributed by atoms with Gasteiger partial charge in [0.15, 0.2) is 0 Å². The molecule has 6 heteroatoms. The van der Waals surface area contributed by atoms with E-state index >= 15 is 0 Å². The molecule has 0 spiro atoms. The second-order valence-corrected chi connectivity index (χ2v) is 7.95. The average Bonchev–Trinajstić information content (AvgIpc) is 2.67. The molecule has 0 radical (unpaired) electrons. The highest BCUT2D eigenvalue weighted by atomic mass is 32.2. The van der Waals surface area contributed by atoms with E-state index in [-0.39, 0.29) is 5.56 Å². The number of hydrogen-bond acceptors (Lipinski definition) is 5. The molecule has 3 rings (SSSR count). The van der Waals surface area contributed by atoms with Crippen molar-refractivity contribution in [2.75, 3.05) is 12.4 Å². The van der Waals surface area contributed by atoms with E-state index in [2.05, 4.69) is 41.3 Å². The fourth-order valence-corrected chi connectivity index (χ4v) is 3.23. The zero-order chi connectivity index (χ0) is 19.2. The van der Waals surface area contributed by atoms with Crippen molar-refractivity contribution in [3.05, 3.63) is 70.5 Å². The highest BCUT2D eigenvalue weighted by Gasteiger charge is 2.06. The quantitative estimate of drug-likeness (QED) is 0.613. The third kappa shape index (κ3) is 5.37. The molecule has 2 N–H and O–H groups in total. The molecule has 0 aliphatic rings. The lowest BCUT2D eigenvalue weighted by Crippen LogP contribution is -2.10. The fraction of sp³-hybridized carbons (Fsp3) is 0.238. The van der Waals surface area contributed by atoms with Gasteiger partial charge in [-0.25, -0.2) is 4.98 Å². The van der Waals surface area contributed by atoms with Gasteiger partial charge in [0.25, 0.3) is 5.56 Å². The lowest BCUT2D eigenvalue weighted by Gasteiger charge is -2.09. The van der Waals surface area contributed by atoms with Crippen molar-refractivity contribution in [2.45, 2.75) is 24.9 Å². The van der Waals surface area contributed by atoms with E-state index in [1.807, 2.05) is 48.2 Å². The van der Waals surface area contributed by atoms with Crippen molar-refractivity contribution >= 4 is 23.4 Å². The Hall–Kier alpha value is -2.73. The molecule has 0 aliphatic carbocycles. The predicted molar refractivity (Wildman–Crippen MR) is 113 cm³/mol. The third-order valence-corrected chi connectivity index (χ3v) is 5.09. The van der Waals surface area contributed by atoms with E-state index in [4.69, 9.17) is 4.74 Å². The minimum Gasteiger partial charge on any atom is -0.497 e. The van der Waals surface area contributed by atoms with Gasteiger partial charge < -0.3 is 10.1 Å². The van der Waals surface area contributed by atoms with Crippen LogP contribution in [0.15, 0.2) is 59.4 Å². The van der Waals surface area contributed by atoms with Crippen molar-refractivity contribution in [3.8, 4) is 17.0 Å². The summed E-state index contributed by atoms with van der Waals surface area (Å²) in [6.45, 7) is 4.39. The van der Waals surface area contributed by atoms with Crippen LogP contribution in [0.5, 0.6) is 5.75 Å². The molecule has 0 unspecified atom stereocenters. The predicted octanol–water partition coefficient (Wildman–Crippen LogP) is 4.83. The monoisotopic (exact) mass is 381 g/mol. The number of aromatic amines is 1. The van der Waals surface area contributed by atoms with Crippen LogP contribution < -0.4 is 15.6 Å². The molecule has 5 nitrogen and oxygen atoms in total. The van der Waals surface area contributed by atoms with Crippen molar-refractivity contribution in [3.63, 3.8) is 0 Å². The highest BCUT2D eigenvalue weighted by molar-refractivity contribution is 7.99. The summed E-state index contributed by atoms with van der Waals surface area (Å²) < 4.78 is 5.17. The Labute approximate surface area is 163 Å². The normalized spacial score (nSPS) is 10.8. The van der Waals surface area contributed by atoms with E-state index in [1.165, 1.54) is 11.6 Å². The summed E-state index contributed by atoms with van der Waals surface area (Å²) in [6.07, 6.45) is 0. The summed E-state index contributed by atoms with van der Waals surface area (Å²) in [5, 5.41) is 3.78. The van der Waals surface area contributed by atoms with Gasteiger partial charge >= 0.3 is 0 Å². The topological polar surface area (TPSA) is 67.0 Å². The first kappa shape index (κ1) is 19.0. The molecule has 3 aromatic rings. The van der Waals surface area contributed by atoms with Crippen LogP contribution in [0.4, 0.5) is 11.6 Å². The molecular formula is C21H23N3O2S. The molecule has 0 amide bonds. The van der Waals surface area contributed by atoms with Gasteiger partial charge in [-0.3, -0.25) is 9.78 Å². The molecular weight excluding hydrogens is 358 g/mol. The number of thioether (sulfide) groups is 1. The zero-order valence-electron chi connectivity index (χ0n) is 15.7. The fourth-order valence-electron chi connectivity index (χ4n) is 2.51. The first-order chi connectivity index (χ1) is 13.0. The molecule has 1 aromatic heterocycles. The highest BCUT2D eigenvalue weighted by Crippen LogP contribution is 2.22. The Bertz CT molecular complexity index is 935. The second-order valence-electron chi connectivity index (χ2n) is 6.39. The van der Waals surface area contributed by atoms with Crippen LogP contribution in [0.25, 0.3) is 11.3 Å². The largest absolute Gasteiger partial charge is 0.497 e. The second kappa shape index (κ2) is 8.77. The molecule has 2 aromatic carbocycles. The number of rotatable bonds is 7. The summed E-state index contributed by atoms with van der Waals surface area (Å²) in [4.78, 5) is 19.3. The number of aromatic nitrogens is 2. The van der Waals surface area contributed by atoms with Gasteiger partial charge in [-0.2, -0.15) is 11.8 Å². The molecule has 0 atom stereocenters. The van der Waals surface area contributed by atoms with Crippen molar-refractivity contribution in [2.24, 2.45) is 0 Å². The van der Waals surface area contributed by atoms with Gasteiger partial charge in [0.2, 0.25) is 5.95 Å². The maximum atomic E-state index is 12.0. The van der Waals surface area contributed by atoms with Crippen LogP contribution in [0.3, 0.4) is 0 Å². The molecule has 140 valence electrons. The molecule has 0 saturated heterocycles. The first-order valence-electron chi connectivity index (χ1n) is 8.77. The van der Waals surface area contributed by atoms with Crippen LogP contribution in [-0.2, 0) is 5.75 Å². The SMILES string of the molecule is COc1ccc(-c2cc(=O)[nH]c(Nc3ccc(CSC(C)C)cc3)n2)cc1. The van der Waals surface area contributed by atoms with Gasteiger partial charge in [0.05, 0.1) is 12.8 Å². The zero-order valence-corrected chi connectivity index (χ0v) is 16.5.